The van der Waals surface area contributed by atoms with Crippen molar-refractivity contribution >= 4 is 24.9 Å². The van der Waals surface area contributed by atoms with E-state index in [0.29, 0.717) is 23.8 Å². The summed E-state index contributed by atoms with van der Waals surface area (Å²) in [4.78, 5) is 0. The van der Waals surface area contributed by atoms with E-state index in [1.54, 1.807) is 48.5 Å². The second-order valence-corrected chi connectivity index (χ2v) is 9.45. The molecule has 25 heavy (non-hydrogen) atoms. The molecule has 0 aliphatic carbocycles. The van der Waals surface area contributed by atoms with Gasteiger partial charge in [-0.25, -0.2) is 0 Å². The summed E-state index contributed by atoms with van der Waals surface area (Å²) in [5.74, 6) is -0.552. The van der Waals surface area contributed by atoms with Gasteiger partial charge in [0.25, 0.3) is 0 Å². The Morgan fingerprint density at radius 3 is 2.20 bits per heavy atom. The summed E-state index contributed by atoms with van der Waals surface area (Å²) in [5, 5.41) is 13.4. The fourth-order valence-electron chi connectivity index (χ4n) is 2.46. The number of hydrogen-bond donors (Lipinski definition) is 2. The Balaban J connectivity index is 1.92. The normalized spacial score (nSPS) is 20.0. The van der Waals surface area contributed by atoms with E-state index in [1.807, 2.05) is 13.8 Å². The van der Waals surface area contributed by atoms with E-state index in [9.17, 15) is 9.67 Å². The molecule has 0 saturated carbocycles. The molecule has 5 nitrogen and oxygen atoms in total. The molecule has 0 radical (unpaired) electrons. The van der Waals surface area contributed by atoms with Crippen molar-refractivity contribution in [2.45, 2.75) is 19.6 Å². The van der Waals surface area contributed by atoms with Gasteiger partial charge in [0.2, 0.25) is 0 Å². The number of nitrogens with one attached hydrogen (secondary N) is 1. The van der Waals surface area contributed by atoms with Crippen molar-refractivity contribution in [3.8, 4) is 5.75 Å². The first-order valence-electron chi connectivity index (χ1n) is 7.97. The molecule has 0 bridgehead atoms. The number of hydrogen-bond acceptors (Lipinski definition) is 5. The Morgan fingerprint density at radius 2 is 1.64 bits per heavy atom. The van der Waals surface area contributed by atoms with Crippen LogP contribution in [0.15, 0.2) is 48.5 Å². The fourth-order valence-corrected chi connectivity index (χ4v) is 4.86. The van der Waals surface area contributed by atoms with Crippen molar-refractivity contribution in [1.82, 2.24) is 0 Å². The van der Waals surface area contributed by atoms with Crippen LogP contribution in [0.3, 0.4) is 0 Å². The average Bonchev–Trinajstić information content (AvgIpc) is 2.58. The molecule has 3 rings (SSSR count). The van der Waals surface area contributed by atoms with Gasteiger partial charge in [0.05, 0.1) is 13.2 Å². The van der Waals surface area contributed by atoms with Gasteiger partial charge in [0.1, 0.15) is 5.75 Å². The Morgan fingerprint density at radius 1 is 1.08 bits per heavy atom. The van der Waals surface area contributed by atoms with Crippen LogP contribution in [0.1, 0.15) is 25.2 Å². The Labute approximate surface area is 152 Å². The highest BCUT2D eigenvalue weighted by atomic mass is 35.5. The summed E-state index contributed by atoms with van der Waals surface area (Å²) >= 11 is 5.93. The van der Waals surface area contributed by atoms with Gasteiger partial charge >= 0.3 is 7.60 Å². The Hall–Kier alpha value is -1.52. The van der Waals surface area contributed by atoms with Crippen LogP contribution < -0.4 is 5.32 Å². The number of phenolic OH excluding ortho intramolecular Hbond substituents is 1. The zero-order valence-corrected chi connectivity index (χ0v) is 15.8. The third-order valence-electron chi connectivity index (χ3n) is 3.94. The summed E-state index contributed by atoms with van der Waals surface area (Å²) in [6.45, 7) is 4.69. The van der Waals surface area contributed by atoms with Gasteiger partial charge in [-0.05, 0) is 42.0 Å². The molecule has 1 heterocycles. The van der Waals surface area contributed by atoms with Crippen molar-refractivity contribution in [2.24, 2.45) is 5.41 Å². The van der Waals surface area contributed by atoms with Crippen LogP contribution in [0, 0.1) is 5.41 Å². The molecule has 7 heteroatoms. The molecule has 1 aliphatic rings. The number of phenols is 1. The van der Waals surface area contributed by atoms with E-state index in [2.05, 4.69) is 5.32 Å². The summed E-state index contributed by atoms with van der Waals surface area (Å²) < 4.78 is 24.8. The Bertz CT molecular complexity index is 763. The highest BCUT2D eigenvalue weighted by Crippen LogP contribution is 2.64. The molecular formula is C18H21ClNO4P. The van der Waals surface area contributed by atoms with Crippen LogP contribution in [-0.4, -0.2) is 18.3 Å². The van der Waals surface area contributed by atoms with Crippen LogP contribution >= 0.6 is 19.2 Å². The molecule has 1 aliphatic heterocycles. The van der Waals surface area contributed by atoms with Crippen LogP contribution in [0.25, 0.3) is 0 Å². The summed E-state index contributed by atoms with van der Waals surface area (Å²) in [5.41, 5.74) is 1.26. The highest BCUT2D eigenvalue weighted by Gasteiger charge is 2.43. The first kappa shape index (κ1) is 18.3. The van der Waals surface area contributed by atoms with Gasteiger partial charge in [0, 0.05) is 16.1 Å². The van der Waals surface area contributed by atoms with Gasteiger partial charge in [-0.2, -0.15) is 0 Å². The monoisotopic (exact) mass is 381 g/mol. The van der Waals surface area contributed by atoms with Gasteiger partial charge in [-0.1, -0.05) is 37.6 Å². The Kier molecular flexibility index (Phi) is 5.12. The van der Waals surface area contributed by atoms with Crippen molar-refractivity contribution in [3.05, 3.63) is 59.1 Å². The lowest BCUT2D eigenvalue weighted by molar-refractivity contribution is 0.0387. The minimum Gasteiger partial charge on any atom is -0.508 e. The lowest BCUT2D eigenvalue weighted by Gasteiger charge is -2.38. The summed E-state index contributed by atoms with van der Waals surface area (Å²) in [7, 11) is -3.44. The van der Waals surface area contributed by atoms with Crippen LogP contribution in [-0.2, 0) is 13.6 Å². The third-order valence-corrected chi connectivity index (χ3v) is 6.23. The van der Waals surface area contributed by atoms with Gasteiger partial charge in [0.15, 0.2) is 5.78 Å². The molecule has 1 atom stereocenters. The number of rotatable bonds is 4. The van der Waals surface area contributed by atoms with E-state index in [4.69, 9.17) is 20.6 Å². The predicted octanol–water partition coefficient (Wildman–Crippen LogP) is 5.42. The van der Waals surface area contributed by atoms with Crippen LogP contribution in [0.5, 0.6) is 5.75 Å². The molecule has 1 fully saturated rings. The first-order valence-corrected chi connectivity index (χ1v) is 9.96. The van der Waals surface area contributed by atoms with Crippen molar-refractivity contribution in [2.75, 3.05) is 18.5 Å². The second kappa shape index (κ2) is 7.00. The van der Waals surface area contributed by atoms with Gasteiger partial charge < -0.3 is 19.5 Å². The molecule has 2 aromatic carbocycles. The number of benzene rings is 2. The van der Waals surface area contributed by atoms with Gasteiger partial charge in [-0.15, -0.1) is 0 Å². The minimum atomic E-state index is -3.44. The van der Waals surface area contributed by atoms with E-state index in [0.717, 1.165) is 5.69 Å². The van der Waals surface area contributed by atoms with Gasteiger partial charge in [-0.3, -0.25) is 4.57 Å². The third kappa shape index (κ3) is 4.36. The van der Waals surface area contributed by atoms with E-state index in [1.165, 1.54) is 0 Å². The first-order chi connectivity index (χ1) is 11.8. The summed E-state index contributed by atoms with van der Waals surface area (Å²) in [6.07, 6.45) is 0. The molecule has 0 aromatic heterocycles. The zero-order valence-electron chi connectivity index (χ0n) is 14.1. The molecule has 0 amide bonds. The lowest BCUT2D eigenvalue weighted by atomic mass is 9.97. The fraction of sp³-hybridized carbons (Fsp3) is 0.333. The second-order valence-electron chi connectivity index (χ2n) is 6.90. The number of halogens is 1. The van der Waals surface area contributed by atoms with Crippen molar-refractivity contribution in [1.29, 1.82) is 0 Å². The molecular weight excluding hydrogens is 361 g/mol. The molecule has 1 unspecified atom stereocenters. The average molecular weight is 382 g/mol. The molecule has 0 spiro atoms. The maximum absolute atomic E-state index is 13.4. The number of aromatic hydroxyl groups is 1. The zero-order chi connectivity index (χ0) is 18.1. The van der Waals surface area contributed by atoms with E-state index in [-0.39, 0.29) is 11.2 Å². The molecule has 2 aromatic rings. The van der Waals surface area contributed by atoms with Crippen LogP contribution in [0.2, 0.25) is 5.02 Å². The van der Waals surface area contributed by atoms with E-state index < -0.39 is 13.4 Å². The van der Waals surface area contributed by atoms with Crippen LogP contribution in [0.4, 0.5) is 5.69 Å². The quantitative estimate of drug-likeness (QED) is 0.692. The maximum Gasteiger partial charge on any atom is 0.357 e. The summed E-state index contributed by atoms with van der Waals surface area (Å²) in [6, 6.07) is 13.6. The predicted molar refractivity (Wildman–Crippen MR) is 99.2 cm³/mol. The lowest BCUT2D eigenvalue weighted by Crippen LogP contribution is -2.31. The minimum absolute atomic E-state index is 0.138. The number of anilines is 1. The van der Waals surface area contributed by atoms with Crippen molar-refractivity contribution < 1.29 is 18.7 Å². The smallest absolute Gasteiger partial charge is 0.357 e. The SMILES string of the molecule is CC1(C)COP(=O)(C(Nc2ccc(Cl)cc2)c2ccc(O)cc2)OC1. The topological polar surface area (TPSA) is 67.8 Å². The van der Waals surface area contributed by atoms with Crippen molar-refractivity contribution in [3.63, 3.8) is 0 Å². The molecule has 134 valence electrons. The standard InChI is InChI=1S/C18H21ClNO4P/c1-18(2)11-23-25(22,24-12-18)17(13-3-9-16(21)10-4-13)20-15-7-5-14(19)6-8-15/h3-10,17,20-21H,11-12H2,1-2H3. The molecule has 2 N–H and O–H groups in total. The molecule has 1 saturated heterocycles. The largest absolute Gasteiger partial charge is 0.508 e. The highest BCUT2D eigenvalue weighted by molar-refractivity contribution is 7.54. The maximum atomic E-state index is 13.4. The van der Waals surface area contributed by atoms with E-state index >= 15 is 0 Å².